The Hall–Kier alpha value is -1.74. The molecule has 0 aliphatic rings. The lowest BCUT2D eigenvalue weighted by Crippen LogP contribution is -2.21. The molecular weight excluding hydrogens is 200 g/mol. The number of aromatic nitrogens is 1. The van der Waals surface area contributed by atoms with Gasteiger partial charge in [-0.3, -0.25) is 0 Å². The Morgan fingerprint density at radius 2 is 2.19 bits per heavy atom. The van der Waals surface area contributed by atoms with Crippen LogP contribution in [0.1, 0.15) is 6.92 Å². The molecule has 3 nitrogen and oxygen atoms in total. The Labute approximate surface area is 93.4 Å². The van der Waals surface area contributed by atoms with E-state index in [4.69, 9.17) is 10.2 Å². The summed E-state index contributed by atoms with van der Waals surface area (Å²) in [6.45, 7) is 2.84. The van der Waals surface area contributed by atoms with Crippen molar-refractivity contribution in [1.29, 1.82) is 0 Å². The number of hydrogen-bond donors (Lipinski definition) is 1. The third-order valence-corrected chi connectivity index (χ3v) is 2.84. The maximum absolute atomic E-state index is 5.85. The molecule has 0 amide bonds. The third-order valence-electron chi connectivity index (χ3n) is 2.84. The van der Waals surface area contributed by atoms with Crippen LogP contribution in [0.25, 0.3) is 21.9 Å². The summed E-state index contributed by atoms with van der Waals surface area (Å²) in [7, 11) is 0. The quantitative estimate of drug-likeness (QED) is 0.712. The molecule has 0 saturated carbocycles. The van der Waals surface area contributed by atoms with Crippen LogP contribution in [0.15, 0.2) is 41.1 Å². The van der Waals surface area contributed by atoms with Crippen molar-refractivity contribution in [2.75, 3.05) is 0 Å². The molecule has 0 saturated heterocycles. The molecule has 2 N–H and O–H groups in total. The van der Waals surface area contributed by atoms with E-state index in [1.807, 2.05) is 19.1 Å². The van der Waals surface area contributed by atoms with Gasteiger partial charge in [0.1, 0.15) is 5.58 Å². The minimum Gasteiger partial charge on any atom is -0.464 e. The van der Waals surface area contributed by atoms with Crippen LogP contribution in [0.4, 0.5) is 0 Å². The zero-order valence-corrected chi connectivity index (χ0v) is 9.18. The summed E-state index contributed by atoms with van der Waals surface area (Å²) < 4.78 is 7.60. The van der Waals surface area contributed by atoms with Crippen molar-refractivity contribution in [2.45, 2.75) is 19.5 Å². The Bertz CT molecular complexity index is 634. The van der Waals surface area contributed by atoms with Crippen molar-refractivity contribution >= 4 is 21.9 Å². The van der Waals surface area contributed by atoms with Gasteiger partial charge in [0.05, 0.1) is 11.8 Å². The molecule has 3 heteroatoms. The molecule has 0 fully saturated rings. The molecule has 0 aliphatic carbocycles. The first-order chi connectivity index (χ1) is 7.75. The molecule has 1 unspecified atom stereocenters. The number of rotatable bonds is 2. The summed E-state index contributed by atoms with van der Waals surface area (Å²) in [5, 5.41) is 2.39. The number of furan rings is 1. The van der Waals surface area contributed by atoms with E-state index < -0.39 is 0 Å². The van der Waals surface area contributed by atoms with Gasteiger partial charge in [0.15, 0.2) is 0 Å². The van der Waals surface area contributed by atoms with E-state index in [9.17, 15) is 0 Å². The van der Waals surface area contributed by atoms with Crippen LogP contribution in [0.2, 0.25) is 0 Å². The topological polar surface area (TPSA) is 44.1 Å². The van der Waals surface area contributed by atoms with Crippen LogP contribution in [0.3, 0.4) is 0 Å². The lowest BCUT2D eigenvalue weighted by molar-refractivity contribution is 0.605. The summed E-state index contributed by atoms with van der Waals surface area (Å²) >= 11 is 0. The molecular formula is C13H14N2O. The summed E-state index contributed by atoms with van der Waals surface area (Å²) in [5.41, 5.74) is 7.99. The predicted octanol–water partition coefficient (Wildman–Crippen LogP) is 2.73. The molecule has 82 valence electrons. The summed E-state index contributed by atoms with van der Waals surface area (Å²) in [5.74, 6) is 0. The van der Waals surface area contributed by atoms with Gasteiger partial charge in [0.2, 0.25) is 0 Å². The van der Waals surface area contributed by atoms with Crippen LogP contribution in [-0.4, -0.2) is 10.6 Å². The molecule has 16 heavy (non-hydrogen) atoms. The Morgan fingerprint density at radius 1 is 1.31 bits per heavy atom. The van der Waals surface area contributed by atoms with Crippen molar-refractivity contribution < 1.29 is 4.42 Å². The normalized spacial score (nSPS) is 13.6. The van der Waals surface area contributed by atoms with Gasteiger partial charge < -0.3 is 14.7 Å². The van der Waals surface area contributed by atoms with Crippen LogP contribution in [0.5, 0.6) is 0 Å². The van der Waals surface area contributed by atoms with E-state index in [2.05, 4.69) is 22.9 Å². The molecule has 2 aromatic heterocycles. The largest absolute Gasteiger partial charge is 0.464 e. The molecule has 0 aliphatic heterocycles. The second-order valence-corrected chi connectivity index (χ2v) is 4.28. The fraction of sp³-hybridized carbons (Fsp3) is 0.231. The highest BCUT2D eigenvalue weighted by Gasteiger charge is 2.08. The zero-order chi connectivity index (χ0) is 11.1. The average Bonchev–Trinajstić information content (AvgIpc) is 2.82. The highest BCUT2D eigenvalue weighted by molar-refractivity contribution is 6.03. The van der Waals surface area contributed by atoms with Gasteiger partial charge in [0.25, 0.3) is 0 Å². The maximum atomic E-state index is 5.85. The Kier molecular flexibility index (Phi) is 2.01. The first-order valence-corrected chi connectivity index (χ1v) is 5.46. The van der Waals surface area contributed by atoms with Gasteiger partial charge in [0, 0.05) is 29.6 Å². The highest BCUT2D eigenvalue weighted by Crippen LogP contribution is 2.27. The van der Waals surface area contributed by atoms with E-state index in [0.29, 0.717) is 0 Å². The maximum Gasteiger partial charge on any atom is 0.135 e. The van der Waals surface area contributed by atoms with Crippen LogP contribution in [-0.2, 0) is 6.54 Å². The Balaban J connectivity index is 2.32. The number of nitrogens with zero attached hydrogens (tertiary/aromatic N) is 1. The van der Waals surface area contributed by atoms with Crippen molar-refractivity contribution in [2.24, 2.45) is 5.73 Å². The summed E-state index contributed by atoms with van der Waals surface area (Å²) in [4.78, 5) is 0. The van der Waals surface area contributed by atoms with Gasteiger partial charge in [-0.05, 0) is 31.2 Å². The molecule has 2 heterocycles. The lowest BCUT2D eigenvalue weighted by atomic mass is 10.2. The lowest BCUT2D eigenvalue weighted by Gasteiger charge is -2.08. The number of hydrogen-bond acceptors (Lipinski definition) is 2. The molecule has 0 spiro atoms. The standard InChI is InChI=1S/C13H14N2O/c1-9(14)8-15-6-4-10-2-3-12-11(13(10)15)5-7-16-12/h2-7,9H,8,14H2,1H3. The highest BCUT2D eigenvalue weighted by atomic mass is 16.3. The second kappa shape index (κ2) is 3.39. The molecule has 0 radical (unpaired) electrons. The number of benzene rings is 1. The van der Waals surface area contributed by atoms with E-state index >= 15 is 0 Å². The smallest absolute Gasteiger partial charge is 0.135 e. The minimum absolute atomic E-state index is 0.151. The monoisotopic (exact) mass is 214 g/mol. The fourth-order valence-electron chi connectivity index (χ4n) is 2.21. The summed E-state index contributed by atoms with van der Waals surface area (Å²) in [6.07, 6.45) is 3.81. The predicted molar refractivity (Wildman–Crippen MR) is 65.4 cm³/mol. The second-order valence-electron chi connectivity index (χ2n) is 4.28. The van der Waals surface area contributed by atoms with Gasteiger partial charge in [-0.2, -0.15) is 0 Å². The van der Waals surface area contributed by atoms with Crippen LogP contribution >= 0.6 is 0 Å². The molecule has 3 rings (SSSR count). The fourth-order valence-corrected chi connectivity index (χ4v) is 2.21. The van der Waals surface area contributed by atoms with Crippen molar-refractivity contribution in [1.82, 2.24) is 4.57 Å². The van der Waals surface area contributed by atoms with E-state index in [1.54, 1.807) is 6.26 Å². The third kappa shape index (κ3) is 1.32. The van der Waals surface area contributed by atoms with Gasteiger partial charge in [-0.15, -0.1) is 0 Å². The average molecular weight is 214 g/mol. The first kappa shape index (κ1) is 9.48. The first-order valence-electron chi connectivity index (χ1n) is 5.46. The molecule has 3 aromatic rings. The van der Waals surface area contributed by atoms with Crippen molar-refractivity contribution in [3.8, 4) is 0 Å². The Morgan fingerprint density at radius 3 is 3.00 bits per heavy atom. The summed E-state index contributed by atoms with van der Waals surface area (Å²) in [6, 6.07) is 8.37. The van der Waals surface area contributed by atoms with Gasteiger partial charge in [-0.1, -0.05) is 0 Å². The van der Waals surface area contributed by atoms with Crippen LogP contribution < -0.4 is 5.73 Å². The molecule has 1 atom stereocenters. The zero-order valence-electron chi connectivity index (χ0n) is 9.18. The minimum atomic E-state index is 0.151. The van der Waals surface area contributed by atoms with E-state index in [1.165, 1.54) is 10.9 Å². The SMILES string of the molecule is CC(N)Cn1ccc2ccc3occc3c21. The molecule has 0 bridgehead atoms. The van der Waals surface area contributed by atoms with Gasteiger partial charge >= 0.3 is 0 Å². The van der Waals surface area contributed by atoms with Crippen molar-refractivity contribution in [3.63, 3.8) is 0 Å². The van der Waals surface area contributed by atoms with Crippen molar-refractivity contribution in [3.05, 3.63) is 36.7 Å². The van der Waals surface area contributed by atoms with Gasteiger partial charge in [-0.25, -0.2) is 0 Å². The van der Waals surface area contributed by atoms with Crippen LogP contribution in [0, 0.1) is 0 Å². The number of fused-ring (bicyclic) bond motifs is 3. The molecule has 1 aromatic carbocycles. The number of nitrogens with two attached hydrogens (primary N) is 1. The van der Waals surface area contributed by atoms with E-state index in [-0.39, 0.29) is 6.04 Å². The van der Waals surface area contributed by atoms with E-state index in [0.717, 1.165) is 17.5 Å².